The van der Waals surface area contributed by atoms with E-state index in [1.807, 2.05) is 0 Å². The van der Waals surface area contributed by atoms with E-state index >= 15 is 0 Å². The van der Waals surface area contributed by atoms with Gasteiger partial charge in [-0.25, -0.2) is 0 Å². The van der Waals surface area contributed by atoms with Crippen LogP contribution in [0.4, 0.5) is 0 Å². The van der Waals surface area contributed by atoms with Crippen molar-refractivity contribution in [2.75, 3.05) is 6.54 Å². The minimum atomic E-state index is 0.756. The Morgan fingerprint density at radius 2 is 2.00 bits per heavy atom. The molecule has 2 fully saturated rings. The second-order valence-corrected chi connectivity index (χ2v) is 5.45. The molecule has 0 spiro atoms. The van der Waals surface area contributed by atoms with Gasteiger partial charge in [0.1, 0.15) is 0 Å². The quantitative estimate of drug-likeness (QED) is 0.534. The average Bonchev–Trinajstić information content (AvgIpc) is 3.02. The Hall–Kier alpha value is -0.480. The Bertz CT molecular complexity index is 241. The highest BCUT2D eigenvalue weighted by Gasteiger charge is 2.53. The van der Waals surface area contributed by atoms with Crippen molar-refractivity contribution in [1.82, 2.24) is 5.32 Å². The van der Waals surface area contributed by atoms with Crippen LogP contribution < -0.4 is 5.32 Å². The third kappa shape index (κ3) is 2.61. The van der Waals surface area contributed by atoms with Crippen molar-refractivity contribution in [3.63, 3.8) is 0 Å². The molecule has 3 unspecified atom stereocenters. The Kier molecular flexibility index (Phi) is 4.29. The van der Waals surface area contributed by atoms with Gasteiger partial charge in [-0.2, -0.15) is 0 Å². The topological polar surface area (TPSA) is 12.0 Å². The van der Waals surface area contributed by atoms with Gasteiger partial charge < -0.3 is 5.32 Å². The molecule has 2 saturated carbocycles. The molecule has 2 aliphatic rings. The van der Waals surface area contributed by atoms with E-state index < -0.39 is 0 Å². The first kappa shape index (κ1) is 12.0. The number of terminal acetylenes is 1. The van der Waals surface area contributed by atoms with Crippen LogP contribution in [-0.4, -0.2) is 12.6 Å². The Labute approximate surface area is 100 Å². The largest absolute Gasteiger partial charge is 0.314 e. The molecule has 2 aliphatic carbocycles. The van der Waals surface area contributed by atoms with Crippen LogP contribution >= 0.6 is 0 Å². The molecule has 16 heavy (non-hydrogen) atoms. The molecule has 90 valence electrons. The van der Waals surface area contributed by atoms with Gasteiger partial charge in [-0.1, -0.05) is 19.8 Å². The molecular weight excluding hydrogens is 194 g/mol. The first-order valence-electron chi connectivity index (χ1n) is 7.05. The number of hydrogen-bond donors (Lipinski definition) is 1. The van der Waals surface area contributed by atoms with Crippen LogP contribution in [0.25, 0.3) is 0 Å². The van der Waals surface area contributed by atoms with Gasteiger partial charge in [0.05, 0.1) is 0 Å². The van der Waals surface area contributed by atoms with Gasteiger partial charge in [-0.05, 0) is 50.0 Å². The lowest BCUT2D eigenvalue weighted by Crippen LogP contribution is -2.32. The molecule has 1 N–H and O–H groups in total. The van der Waals surface area contributed by atoms with Gasteiger partial charge in [0.25, 0.3) is 0 Å². The van der Waals surface area contributed by atoms with Crippen LogP contribution in [0.5, 0.6) is 0 Å². The molecule has 0 bridgehead atoms. The Balaban J connectivity index is 1.80. The second kappa shape index (κ2) is 5.73. The van der Waals surface area contributed by atoms with Crippen molar-refractivity contribution >= 4 is 0 Å². The van der Waals surface area contributed by atoms with Crippen LogP contribution in [0.2, 0.25) is 0 Å². The summed E-state index contributed by atoms with van der Waals surface area (Å²) < 4.78 is 0. The Morgan fingerprint density at radius 1 is 1.31 bits per heavy atom. The highest BCUT2D eigenvalue weighted by molar-refractivity contribution is 5.04. The van der Waals surface area contributed by atoms with Crippen LogP contribution in [-0.2, 0) is 0 Å². The second-order valence-electron chi connectivity index (χ2n) is 5.45. The van der Waals surface area contributed by atoms with Gasteiger partial charge in [0.2, 0.25) is 0 Å². The first-order valence-corrected chi connectivity index (χ1v) is 7.05. The fraction of sp³-hybridized carbons (Fsp3) is 0.867. The predicted molar refractivity (Wildman–Crippen MR) is 69.1 cm³/mol. The number of nitrogens with one attached hydrogen (secondary N) is 1. The molecule has 0 aliphatic heterocycles. The summed E-state index contributed by atoms with van der Waals surface area (Å²) in [5, 5.41) is 3.69. The lowest BCUT2D eigenvalue weighted by molar-refractivity contribution is 0.407. The number of unbranched alkanes of at least 4 members (excludes halogenated alkanes) is 1. The fourth-order valence-corrected chi connectivity index (χ4v) is 3.76. The third-order valence-corrected chi connectivity index (χ3v) is 4.49. The summed E-state index contributed by atoms with van der Waals surface area (Å²) in [5.74, 6) is 5.86. The molecule has 1 nitrogen and oxygen atoms in total. The Morgan fingerprint density at radius 3 is 2.56 bits per heavy atom. The lowest BCUT2D eigenvalue weighted by Gasteiger charge is -2.17. The van der Waals surface area contributed by atoms with Crippen molar-refractivity contribution in [2.24, 2.45) is 17.8 Å². The summed E-state index contributed by atoms with van der Waals surface area (Å²) in [4.78, 5) is 0. The maximum absolute atomic E-state index is 5.33. The minimum absolute atomic E-state index is 0.756. The van der Waals surface area contributed by atoms with E-state index in [0.717, 1.165) is 36.8 Å². The van der Waals surface area contributed by atoms with E-state index in [4.69, 9.17) is 6.42 Å². The monoisotopic (exact) mass is 219 g/mol. The first-order chi connectivity index (χ1) is 7.88. The summed E-state index contributed by atoms with van der Waals surface area (Å²) in [6.07, 6.45) is 14.7. The summed E-state index contributed by atoms with van der Waals surface area (Å²) in [7, 11) is 0. The fourth-order valence-electron chi connectivity index (χ4n) is 3.76. The van der Waals surface area contributed by atoms with E-state index in [2.05, 4.69) is 18.2 Å². The molecule has 0 radical (unpaired) electrons. The van der Waals surface area contributed by atoms with Crippen molar-refractivity contribution in [3.8, 4) is 12.3 Å². The van der Waals surface area contributed by atoms with E-state index in [9.17, 15) is 0 Å². The zero-order valence-electron chi connectivity index (χ0n) is 10.5. The van der Waals surface area contributed by atoms with E-state index in [1.54, 1.807) is 0 Å². The standard InChI is InChI=1S/C15H25N/c1-3-5-6-11-14(16-4-2)15-12-9-7-8-10-13(12)15/h1,12-16H,4-11H2,2H3. The molecule has 0 aromatic heterocycles. The molecule has 0 saturated heterocycles. The average molecular weight is 219 g/mol. The normalized spacial score (nSPS) is 33.9. The molecule has 3 atom stereocenters. The van der Waals surface area contributed by atoms with Gasteiger partial charge in [-0.3, -0.25) is 0 Å². The zero-order valence-corrected chi connectivity index (χ0v) is 10.5. The van der Waals surface area contributed by atoms with Crippen molar-refractivity contribution in [3.05, 3.63) is 0 Å². The number of fused-ring (bicyclic) bond motifs is 1. The molecule has 0 amide bonds. The molecule has 0 aromatic rings. The number of rotatable bonds is 6. The van der Waals surface area contributed by atoms with Gasteiger partial charge in [0.15, 0.2) is 0 Å². The smallest absolute Gasteiger partial charge is 0.0101 e. The van der Waals surface area contributed by atoms with E-state index in [1.165, 1.54) is 38.5 Å². The van der Waals surface area contributed by atoms with Gasteiger partial charge in [-0.15, -0.1) is 12.3 Å². The highest BCUT2D eigenvalue weighted by Crippen LogP contribution is 2.57. The molecule has 0 heterocycles. The summed E-state index contributed by atoms with van der Waals surface area (Å²) >= 11 is 0. The maximum atomic E-state index is 5.33. The van der Waals surface area contributed by atoms with Gasteiger partial charge in [0, 0.05) is 12.5 Å². The van der Waals surface area contributed by atoms with Crippen molar-refractivity contribution < 1.29 is 0 Å². The molecule has 0 aromatic carbocycles. The summed E-state index contributed by atoms with van der Waals surface area (Å²) in [6, 6.07) is 0.756. The minimum Gasteiger partial charge on any atom is -0.314 e. The van der Waals surface area contributed by atoms with Gasteiger partial charge >= 0.3 is 0 Å². The van der Waals surface area contributed by atoms with E-state index in [0.29, 0.717) is 0 Å². The van der Waals surface area contributed by atoms with Crippen LogP contribution in [0.1, 0.15) is 51.9 Å². The summed E-state index contributed by atoms with van der Waals surface area (Å²) in [5.41, 5.74) is 0. The summed E-state index contributed by atoms with van der Waals surface area (Å²) in [6.45, 7) is 3.33. The lowest BCUT2D eigenvalue weighted by atomic mass is 10.0. The van der Waals surface area contributed by atoms with Crippen LogP contribution in [0.15, 0.2) is 0 Å². The third-order valence-electron chi connectivity index (χ3n) is 4.49. The SMILES string of the molecule is C#CCCCC(NCC)C1C2CCCCC21. The number of hydrogen-bond acceptors (Lipinski definition) is 1. The molecule has 2 rings (SSSR count). The van der Waals surface area contributed by atoms with Crippen LogP contribution in [0.3, 0.4) is 0 Å². The zero-order chi connectivity index (χ0) is 11.4. The van der Waals surface area contributed by atoms with Crippen molar-refractivity contribution in [1.29, 1.82) is 0 Å². The van der Waals surface area contributed by atoms with Crippen LogP contribution in [0, 0.1) is 30.1 Å². The highest BCUT2D eigenvalue weighted by atomic mass is 14.9. The predicted octanol–water partition coefficient (Wildman–Crippen LogP) is 3.20. The van der Waals surface area contributed by atoms with E-state index in [-0.39, 0.29) is 0 Å². The molecular formula is C15H25N. The maximum Gasteiger partial charge on any atom is 0.0101 e. The molecule has 1 heteroatoms. The van der Waals surface area contributed by atoms with Crippen molar-refractivity contribution in [2.45, 2.75) is 57.9 Å².